The van der Waals surface area contributed by atoms with Crippen molar-refractivity contribution in [3.8, 4) is 0 Å². The van der Waals surface area contributed by atoms with Crippen LogP contribution < -0.4 is 5.32 Å². The van der Waals surface area contributed by atoms with Crippen molar-refractivity contribution in [2.24, 2.45) is 5.92 Å². The molecule has 0 radical (unpaired) electrons. The highest BCUT2D eigenvalue weighted by Crippen LogP contribution is 2.22. The normalized spacial score (nSPS) is 15.5. The van der Waals surface area contributed by atoms with E-state index >= 15 is 0 Å². The zero-order chi connectivity index (χ0) is 15.5. The molecule has 1 aromatic rings. The highest BCUT2D eigenvalue weighted by atomic mass is 35.5. The van der Waals surface area contributed by atoms with E-state index < -0.39 is 17.4 Å². The molecule has 4 nitrogen and oxygen atoms in total. The lowest BCUT2D eigenvalue weighted by molar-refractivity contribution is -0.149. The number of carboxylic acid groups (broad SMARTS) is 1. The largest absolute Gasteiger partial charge is 0.480 e. The standard InChI is InChI=1S/C15H20ClNO3/c1-9(2)15(4,14(19)20)17-13(18)10(3)11-5-7-12(16)8-6-11/h5-10H,1-4H3,(H,17,18)(H,19,20). The van der Waals surface area contributed by atoms with Crippen LogP contribution >= 0.6 is 11.6 Å². The molecule has 1 aromatic carbocycles. The molecule has 0 spiro atoms. The third-order valence-corrected chi connectivity index (χ3v) is 4.00. The fraction of sp³-hybridized carbons (Fsp3) is 0.467. The maximum Gasteiger partial charge on any atom is 0.329 e. The topological polar surface area (TPSA) is 66.4 Å². The second-order valence-electron chi connectivity index (χ2n) is 5.42. The van der Waals surface area contributed by atoms with Crippen LogP contribution in [-0.4, -0.2) is 22.5 Å². The summed E-state index contributed by atoms with van der Waals surface area (Å²) in [6.07, 6.45) is 0. The Morgan fingerprint density at radius 2 is 1.70 bits per heavy atom. The molecule has 0 saturated heterocycles. The average Bonchev–Trinajstić information content (AvgIpc) is 2.38. The van der Waals surface area contributed by atoms with Crippen LogP contribution in [0.1, 0.15) is 39.2 Å². The van der Waals surface area contributed by atoms with E-state index in [1.165, 1.54) is 6.92 Å². The summed E-state index contributed by atoms with van der Waals surface area (Å²) >= 11 is 5.81. The summed E-state index contributed by atoms with van der Waals surface area (Å²) < 4.78 is 0. The van der Waals surface area contributed by atoms with E-state index in [2.05, 4.69) is 5.32 Å². The van der Waals surface area contributed by atoms with Crippen molar-refractivity contribution >= 4 is 23.5 Å². The Morgan fingerprint density at radius 1 is 1.20 bits per heavy atom. The lowest BCUT2D eigenvalue weighted by Gasteiger charge is -2.31. The number of amides is 1. The third-order valence-electron chi connectivity index (χ3n) is 3.75. The molecular formula is C15H20ClNO3. The molecule has 2 N–H and O–H groups in total. The first-order valence-corrected chi connectivity index (χ1v) is 6.87. The molecule has 0 aliphatic heterocycles. The lowest BCUT2D eigenvalue weighted by Crippen LogP contribution is -2.56. The van der Waals surface area contributed by atoms with Crippen LogP contribution in [0.3, 0.4) is 0 Å². The molecule has 0 aromatic heterocycles. The van der Waals surface area contributed by atoms with Crippen molar-refractivity contribution < 1.29 is 14.7 Å². The van der Waals surface area contributed by atoms with Crippen molar-refractivity contribution in [3.05, 3.63) is 34.9 Å². The molecule has 5 heteroatoms. The van der Waals surface area contributed by atoms with Gasteiger partial charge in [0.05, 0.1) is 5.92 Å². The summed E-state index contributed by atoms with van der Waals surface area (Å²) in [6, 6.07) is 6.94. The molecule has 0 bridgehead atoms. The summed E-state index contributed by atoms with van der Waals surface area (Å²) in [5.74, 6) is -2.01. The molecule has 2 unspecified atom stereocenters. The molecule has 0 saturated carbocycles. The highest BCUT2D eigenvalue weighted by molar-refractivity contribution is 6.30. The Balaban J connectivity index is 2.89. The van der Waals surface area contributed by atoms with E-state index in [0.29, 0.717) is 5.02 Å². The molecule has 20 heavy (non-hydrogen) atoms. The monoisotopic (exact) mass is 297 g/mol. The van der Waals surface area contributed by atoms with Crippen molar-refractivity contribution in [2.45, 2.75) is 39.2 Å². The van der Waals surface area contributed by atoms with Crippen molar-refractivity contribution in [1.29, 1.82) is 0 Å². The average molecular weight is 298 g/mol. The number of nitrogens with one attached hydrogen (secondary N) is 1. The van der Waals surface area contributed by atoms with Crippen molar-refractivity contribution in [2.75, 3.05) is 0 Å². The van der Waals surface area contributed by atoms with Crippen LogP contribution in [0.15, 0.2) is 24.3 Å². The summed E-state index contributed by atoms with van der Waals surface area (Å²) in [5, 5.41) is 12.5. The SMILES string of the molecule is CC(C(=O)NC(C)(C(=O)O)C(C)C)c1ccc(Cl)cc1. The van der Waals surface area contributed by atoms with Gasteiger partial charge in [-0.25, -0.2) is 4.79 Å². The van der Waals surface area contributed by atoms with Crippen molar-refractivity contribution in [1.82, 2.24) is 5.32 Å². The van der Waals surface area contributed by atoms with Crippen molar-refractivity contribution in [3.63, 3.8) is 0 Å². The summed E-state index contributed by atoms with van der Waals surface area (Å²) in [5.41, 5.74) is -0.485. The van der Waals surface area contributed by atoms with Gasteiger partial charge in [-0.3, -0.25) is 4.79 Å². The van der Waals surface area contributed by atoms with Gasteiger partial charge in [0, 0.05) is 5.02 Å². The maximum atomic E-state index is 12.2. The molecule has 0 fully saturated rings. The van der Waals surface area contributed by atoms with E-state index in [0.717, 1.165) is 5.56 Å². The maximum absolute atomic E-state index is 12.2. The van der Waals surface area contributed by atoms with Gasteiger partial charge in [0.25, 0.3) is 0 Å². The number of halogens is 1. The molecule has 0 aliphatic carbocycles. The Labute approximate surface area is 124 Å². The van der Waals surface area contributed by atoms with Crippen LogP contribution in [0, 0.1) is 5.92 Å². The molecule has 2 atom stereocenters. The zero-order valence-corrected chi connectivity index (χ0v) is 12.9. The Morgan fingerprint density at radius 3 is 2.10 bits per heavy atom. The molecule has 0 aliphatic rings. The Kier molecular flexibility index (Phi) is 5.17. The van der Waals surface area contributed by atoms with Gasteiger partial charge in [-0.2, -0.15) is 0 Å². The minimum atomic E-state index is -1.28. The van der Waals surface area contributed by atoms with Crippen LogP contribution in [0.25, 0.3) is 0 Å². The first kappa shape index (κ1) is 16.5. The van der Waals surface area contributed by atoms with Gasteiger partial charge in [-0.1, -0.05) is 37.6 Å². The fourth-order valence-corrected chi connectivity index (χ4v) is 1.84. The van der Waals surface area contributed by atoms with Crippen LogP contribution in [0.4, 0.5) is 0 Å². The van der Waals surface area contributed by atoms with Gasteiger partial charge >= 0.3 is 5.97 Å². The number of aliphatic carboxylic acids is 1. The van der Waals surface area contributed by atoms with E-state index in [4.69, 9.17) is 11.6 Å². The number of carbonyl (C=O) groups excluding carboxylic acids is 1. The Bertz CT molecular complexity index is 498. The van der Waals surface area contributed by atoms with E-state index in [9.17, 15) is 14.7 Å². The zero-order valence-electron chi connectivity index (χ0n) is 12.1. The number of hydrogen-bond acceptors (Lipinski definition) is 2. The second kappa shape index (κ2) is 6.27. The fourth-order valence-electron chi connectivity index (χ4n) is 1.71. The number of carbonyl (C=O) groups is 2. The minimum absolute atomic E-state index is 0.221. The molecule has 0 heterocycles. The number of benzene rings is 1. The van der Waals surface area contributed by atoms with Gasteiger partial charge in [-0.15, -0.1) is 0 Å². The van der Waals surface area contributed by atoms with Crippen LogP contribution in [0.2, 0.25) is 5.02 Å². The van der Waals surface area contributed by atoms with Crippen LogP contribution in [0.5, 0.6) is 0 Å². The summed E-state index contributed by atoms with van der Waals surface area (Å²) in [7, 11) is 0. The number of hydrogen-bond donors (Lipinski definition) is 2. The van der Waals surface area contributed by atoms with E-state index in [1.54, 1.807) is 45.0 Å². The molecule has 1 amide bonds. The first-order valence-electron chi connectivity index (χ1n) is 6.49. The lowest BCUT2D eigenvalue weighted by atomic mass is 9.87. The molecular weight excluding hydrogens is 278 g/mol. The quantitative estimate of drug-likeness (QED) is 0.878. The van der Waals surface area contributed by atoms with Gasteiger partial charge in [0.15, 0.2) is 0 Å². The van der Waals surface area contributed by atoms with Gasteiger partial charge in [-0.05, 0) is 37.5 Å². The van der Waals surface area contributed by atoms with Crippen LogP contribution in [-0.2, 0) is 9.59 Å². The summed E-state index contributed by atoms with van der Waals surface area (Å²) in [4.78, 5) is 23.6. The van der Waals surface area contributed by atoms with Gasteiger partial charge < -0.3 is 10.4 Å². The van der Waals surface area contributed by atoms with E-state index in [-0.39, 0.29) is 11.8 Å². The minimum Gasteiger partial charge on any atom is -0.480 e. The number of carboxylic acids is 1. The van der Waals surface area contributed by atoms with Gasteiger partial charge in [0.1, 0.15) is 5.54 Å². The number of rotatable bonds is 5. The Hall–Kier alpha value is -1.55. The molecule has 110 valence electrons. The van der Waals surface area contributed by atoms with E-state index in [1.807, 2.05) is 0 Å². The predicted molar refractivity (Wildman–Crippen MR) is 78.9 cm³/mol. The summed E-state index contributed by atoms with van der Waals surface area (Å²) in [6.45, 7) is 6.79. The predicted octanol–water partition coefficient (Wildman–Crippen LogP) is 3.06. The third kappa shape index (κ3) is 3.51. The first-order chi connectivity index (χ1) is 9.18. The smallest absolute Gasteiger partial charge is 0.329 e. The van der Waals surface area contributed by atoms with Gasteiger partial charge in [0.2, 0.25) is 5.91 Å². The highest BCUT2D eigenvalue weighted by Gasteiger charge is 2.39. The second-order valence-corrected chi connectivity index (χ2v) is 5.86. The molecule has 1 rings (SSSR count).